The normalized spacial score (nSPS) is 12.4. The van der Waals surface area contributed by atoms with Crippen LogP contribution in [0.15, 0.2) is 53.1 Å². The minimum absolute atomic E-state index is 0.0431. The smallest absolute Gasteiger partial charge is 0.184 e. The highest BCUT2D eigenvalue weighted by atomic mass is 16.5. The summed E-state index contributed by atoms with van der Waals surface area (Å²) in [6.07, 6.45) is 1.10. The van der Waals surface area contributed by atoms with Gasteiger partial charge in [-0.15, -0.1) is 0 Å². The molecule has 0 N–H and O–H groups in total. The lowest BCUT2D eigenvalue weighted by molar-refractivity contribution is 0.0858. The molecule has 3 rings (SSSR count). The van der Waals surface area contributed by atoms with Crippen molar-refractivity contribution in [1.29, 1.82) is 0 Å². The second-order valence-corrected chi connectivity index (χ2v) is 6.36. The van der Waals surface area contributed by atoms with Crippen molar-refractivity contribution in [3.05, 3.63) is 65.5 Å². The number of ether oxygens (including phenoxy) is 2. The molecule has 0 aliphatic carbocycles. The molecule has 1 atom stereocenters. The molecule has 2 aromatic carbocycles. The van der Waals surface area contributed by atoms with Gasteiger partial charge in [0.15, 0.2) is 11.5 Å². The molecule has 5 nitrogen and oxygen atoms in total. The van der Waals surface area contributed by atoms with Crippen LogP contribution in [0.2, 0.25) is 0 Å². The molecule has 0 amide bonds. The number of nitrogens with zero attached hydrogens (tertiary/aromatic N) is 1. The summed E-state index contributed by atoms with van der Waals surface area (Å²) >= 11 is 0. The molecule has 0 radical (unpaired) electrons. The maximum Gasteiger partial charge on any atom is 0.184 e. The van der Waals surface area contributed by atoms with Gasteiger partial charge in [-0.05, 0) is 35.7 Å². The molecule has 0 bridgehead atoms. The summed E-state index contributed by atoms with van der Waals surface area (Å²) in [4.78, 5) is 12.1. The van der Waals surface area contributed by atoms with Crippen LogP contribution in [0.5, 0.6) is 0 Å². The maximum absolute atomic E-state index is 12.1. The Labute approximate surface area is 152 Å². The van der Waals surface area contributed by atoms with E-state index in [0.29, 0.717) is 30.9 Å². The Morgan fingerprint density at radius 2 is 1.92 bits per heavy atom. The highest BCUT2D eigenvalue weighted by molar-refractivity contribution is 5.94. The van der Waals surface area contributed by atoms with Crippen LogP contribution in [0.4, 0.5) is 0 Å². The number of hydrogen-bond donors (Lipinski definition) is 0. The van der Waals surface area contributed by atoms with Crippen LogP contribution >= 0.6 is 0 Å². The lowest BCUT2D eigenvalue weighted by atomic mass is 10.1. The van der Waals surface area contributed by atoms with Crippen molar-refractivity contribution in [3.63, 3.8) is 0 Å². The number of methoxy groups -OCH3 is 1. The molecule has 1 aromatic heterocycles. The fraction of sp³-hybridized carbons (Fsp3) is 0.333. The largest absolute Gasteiger partial charge is 0.382 e. The van der Waals surface area contributed by atoms with E-state index in [1.54, 1.807) is 13.2 Å². The summed E-state index contributed by atoms with van der Waals surface area (Å²) < 4.78 is 16.0. The maximum atomic E-state index is 12.1. The number of fused-ring (bicyclic) bond motifs is 1. The van der Waals surface area contributed by atoms with Crippen LogP contribution in [0.3, 0.4) is 0 Å². The van der Waals surface area contributed by atoms with Gasteiger partial charge in [-0.25, -0.2) is 0 Å². The molecule has 1 heterocycles. The summed E-state index contributed by atoms with van der Waals surface area (Å²) in [6, 6.07) is 16.1. The zero-order valence-electron chi connectivity index (χ0n) is 15.1. The van der Waals surface area contributed by atoms with Gasteiger partial charge >= 0.3 is 0 Å². The second-order valence-electron chi connectivity index (χ2n) is 6.36. The van der Waals surface area contributed by atoms with Crippen LogP contribution < -0.4 is 0 Å². The van der Waals surface area contributed by atoms with Crippen LogP contribution in [0.25, 0.3) is 10.8 Å². The Morgan fingerprint density at radius 3 is 2.73 bits per heavy atom. The number of hydrogen-bond acceptors (Lipinski definition) is 5. The van der Waals surface area contributed by atoms with Gasteiger partial charge in [0.05, 0.1) is 12.7 Å². The van der Waals surface area contributed by atoms with Crippen molar-refractivity contribution in [1.82, 2.24) is 5.16 Å². The van der Waals surface area contributed by atoms with Gasteiger partial charge < -0.3 is 14.0 Å². The molecule has 1 unspecified atom stereocenters. The number of aromatic nitrogens is 1. The fourth-order valence-electron chi connectivity index (χ4n) is 2.69. The first-order chi connectivity index (χ1) is 12.7. The van der Waals surface area contributed by atoms with Crippen molar-refractivity contribution < 1.29 is 18.8 Å². The minimum Gasteiger partial charge on any atom is -0.382 e. The third-order valence-corrected chi connectivity index (χ3v) is 4.35. The van der Waals surface area contributed by atoms with E-state index in [1.807, 2.05) is 19.1 Å². The van der Waals surface area contributed by atoms with Crippen LogP contribution in [-0.2, 0) is 22.7 Å². The Morgan fingerprint density at radius 1 is 1.12 bits per heavy atom. The first-order valence-electron chi connectivity index (χ1n) is 8.72. The second kappa shape index (κ2) is 8.74. The predicted octanol–water partition coefficient (Wildman–Crippen LogP) is 4.54. The van der Waals surface area contributed by atoms with Gasteiger partial charge in [-0.1, -0.05) is 41.6 Å². The summed E-state index contributed by atoms with van der Waals surface area (Å²) in [6.45, 7) is 2.68. The van der Waals surface area contributed by atoms with Crippen molar-refractivity contribution in [2.24, 2.45) is 0 Å². The Balaban J connectivity index is 1.50. The molecule has 136 valence electrons. The average molecular weight is 353 g/mol. The van der Waals surface area contributed by atoms with Crippen molar-refractivity contribution in [2.45, 2.75) is 39.1 Å². The molecular formula is C21H23NO4. The standard InChI is InChI=1S/C21H23NO4/c1-15(24-2)7-10-21(23)20-12-19(26-22-20)14-25-13-16-8-9-17-5-3-4-6-18(17)11-16/h3-6,8-9,11-12,15H,7,10,13-14H2,1-2H3. The lowest BCUT2D eigenvalue weighted by Crippen LogP contribution is -2.08. The minimum atomic E-state index is -0.0431. The third-order valence-electron chi connectivity index (χ3n) is 4.35. The number of Topliss-reactive ketones (excluding diaryl/α,β-unsaturated/α-hetero) is 1. The van der Waals surface area contributed by atoms with E-state index in [-0.39, 0.29) is 18.5 Å². The first kappa shape index (κ1) is 18.3. The van der Waals surface area contributed by atoms with Crippen molar-refractivity contribution >= 4 is 16.6 Å². The molecule has 3 aromatic rings. The zero-order valence-corrected chi connectivity index (χ0v) is 15.1. The fourth-order valence-corrected chi connectivity index (χ4v) is 2.69. The van der Waals surface area contributed by atoms with Gasteiger partial charge in [-0.3, -0.25) is 4.79 Å². The topological polar surface area (TPSA) is 61.6 Å². The number of ketones is 1. The number of rotatable bonds is 9. The number of carbonyl (C=O) groups is 1. The van der Waals surface area contributed by atoms with E-state index in [2.05, 4.69) is 35.5 Å². The molecule has 5 heteroatoms. The molecule has 0 spiro atoms. The molecule has 0 aliphatic rings. The Hall–Kier alpha value is -2.50. The molecular weight excluding hydrogens is 330 g/mol. The molecule has 0 aliphatic heterocycles. The quantitative estimate of drug-likeness (QED) is 0.528. The van der Waals surface area contributed by atoms with Crippen molar-refractivity contribution in [2.75, 3.05) is 7.11 Å². The third kappa shape index (κ3) is 4.77. The molecule has 0 saturated heterocycles. The number of benzene rings is 2. The Bertz CT molecular complexity index is 871. The van der Waals surface area contributed by atoms with Gasteiger partial charge in [0, 0.05) is 19.6 Å². The summed E-state index contributed by atoms with van der Waals surface area (Å²) in [5.41, 5.74) is 1.44. The highest BCUT2D eigenvalue weighted by Crippen LogP contribution is 2.17. The van der Waals surface area contributed by atoms with E-state index in [0.717, 1.165) is 5.56 Å². The highest BCUT2D eigenvalue weighted by Gasteiger charge is 2.14. The average Bonchev–Trinajstić information content (AvgIpc) is 3.14. The van der Waals surface area contributed by atoms with Crippen LogP contribution in [-0.4, -0.2) is 24.2 Å². The van der Waals surface area contributed by atoms with E-state index in [4.69, 9.17) is 14.0 Å². The van der Waals surface area contributed by atoms with Gasteiger partial charge in [0.1, 0.15) is 12.3 Å². The van der Waals surface area contributed by atoms with E-state index < -0.39 is 0 Å². The van der Waals surface area contributed by atoms with Gasteiger partial charge in [0.25, 0.3) is 0 Å². The molecule has 0 fully saturated rings. The van der Waals surface area contributed by atoms with Gasteiger partial charge in [-0.2, -0.15) is 0 Å². The predicted molar refractivity (Wildman–Crippen MR) is 99.0 cm³/mol. The first-order valence-corrected chi connectivity index (χ1v) is 8.72. The zero-order chi connectivity index (χ0) is 18.4. The summed E-state index contributed by atoms with van der Waals surface area (Å²) in [7, 11) is 1.64. The van der Waals surface area contributed by atoms with E-state index in [1.165, 1.54) is 10.8 Å². The SMILES string of the molecule is COC(C)CCC(=O)c1cc(COCc2ccc3ccccc3c2)on1. The van der Waals surface area contributed by atoms with Crippen LogP contribution in [0.1, 0.15) is 41.6 Å². The van der Waals surface area contributed by atoms with Gasteiger partial charge in [0.2, 0.25) is 0 Å². The van der Waals surface area contributed by atoms with Crippen molar-refractivity contribution in [3.8, 4) is 0 Å². The molecule has 26 heavy (non-hydrogen) atoms. The summed E-state index contributed by atoms with van der Waals surface area (Å²) in [5.74, 6) is 0.507. The van der Waals surface area contributed by atoms with E-state index in [9.17, 15) is 4.79 Å². The van der Waals surface area contributed by atoms with E-state index >= 15 is 0 Å². The molecule has 0 saturated carbocycles. The number of carbonyl (C=O) groups excluding carboxylic acids is 1. The summed E-state index contributed by atoms with van der Waals surface area (Å²) in [5, 5.41) is 6.23. The lowest BCUT2D eigenvalue weighted by Gasteiger charge is -2.06. The monoisotopic (exact) mass is 353 g/mol. The Kier molecular flexibility index (Phi) is 6.15. The van der Waals surface area contributed by atoms with Crippen LogP contribution in [0, 0.1) is 0 Å².